The Morgan fingerprint density at radius 1 is 0.897 bits per heavy atom. The van der Waals surface area contributed by atoms with E-state index in [2.05, 4.69) is 5.32 Å². The van der Waals surface area contributed by atoms with Gasteiger partial charge in [-0.25, -0.2) is 8.42 Å². The molecule has 1 atom stereocenters. The predicted molar refractivity (Wildman–Crippen MR) is 154 cm³/mol. The van der Waals surface area contributed by atoms with Crippen molar-refractivity contribution < 1.29 is 18.0 Å². The fourth-order valence-electron chi connectivity index (χ4n) is 4.88. The topological polar surface area (TPSA) is 86.8 Å². The van der Waals surface area contributed by atoms with Crippen LogP contribution in [-0.4, -0.2) is 43.8 Å². The molecule has 1 aliphatic rings. The van der Waals surface area contributed by atoms with Crippen LogP contribution in [-0.2, 0) is 26.2 Å². The molecule has 1 aliphatic carbocycles. The Morgan fingerprint density at radius 3 is 2.13 bits per heavy atom. The molecule has 2 amide bonds. The Labute approximate surface area is 231 Å². The second kappa shape index (κ2) is 12.5. The summed E-state index contributed by atoms with van der Waals surface area (Å²) in [5.74, 6) is -0.680. The summed E-state index contributed by atoms with van der Waals surface area (Å²) in [6.07, 6.45) is 4.02. The van der Waals surface area contributed by atoms with Crippen molar-refractivity contribution in [2.75, 3.05) is 10.8 Å². The molecule has 0 radical (unpaired) electrons. The summed E-state index contributed by atoms with van der Waals surface area (Å²) in [5.41, 5.74) is 3.19. The second-order valence-corrected chi connectivity index (χ2v) is 12.1. The highest BCUT2D eigenvalue weighted by atomic mass is 32.2. The van der Waals surface area contributed by atoms with Crippen molar-refractivity contribution in [3.63, 3.8) is 0 Å². The van der Waals surface area contributed by atoms with E-state index < -0.39 is 28.5 Å². The van der Waals surface area contributed by atoms with Gasteiger partial charge in [-0.15, -0.1) is 0 Å². The zero-order valence-electron chi connectivity index (χ0n) is 22.8. The molecule has 1 saturated carbocycles. The fraction of sp³-hybridized carbons (Fsp3) is 0.355. The van der Waals surface area contributed by atoms with Crippen LogP contribution in [0.5, 0.6) is 0 Å². The van der Waals surface area contributed by atoms with Gasteiger partial charge in [0.2, 0.25) is 11.8 Å². The van der Waals surface area contributed by atoms with E-state index in [0.29, 0.717) is 5.69 Å². The molecule has 7 nitrogen and oxygen atoms in total. The van der Waals surface area contributed by atoms with Gasteiger partial charge < -0.3 is 10.2 Å². The molecule has 0 heterocycles. The molecule has 39 heavy (non-hydrogen) atoms. The van der Waals surface area contributed by atoms with Gasteiger partial charge in [0.15, 0.2) is 0 Å². The first kappa shape index (κ1) is 28.4. The molecule has 206 valence electrons. The fourth-order valence-corrected chi connectivity index (χ4v) is 6.31. The van der Waals surface area contributed by atoms with Gasteiger partial charge in [0.1, 0.15) is 12.6 Å². The highest BCUT2D eigenvalue weighted by molar-refractivity contribution is 7.92. The van der Waals surface area contributed by atoms with Crippen LogP contribution in [0.4, 0.5) is 5.69 Å². The Balaban J connectivity index is 1.68. The molecular formula is C31H37N3O4S. The summed E-state index contributed by atoms with van der Waals surface area (Å²) in [6, 6.07) is 22.2. The minimum Gasteiger partial charge on any atom is -0.352 e. The van der Waals surface area contributed by atoms with Crippen molar-refractivity contribution in [2.45, 2.75) is 70.0 Å². The summed E-state index contributed by atoms with van der Waals surface area (Å²) in [7, 11) is -4.06. The standard InChI is InChI=1S/C31H37N3O4S/c1-23-18-19-28(20-24(23)2)34(39(37,38)29-16-8-5-9-17-29)22-30(35)33(21-26-12-6-4-7-13-26)25(3)31(36)32-27-14-10-11-15-27/h4-9,12-13,16-20,25,27H,10-11,14-15,21-22H2,1-3H3,(H,32,36)/t25-/m1/s1. The Hall–Kier alpha value is -3.65. The Kier molecular flexibility index (Phi) is 9.07. The molecule has 1 fully saturated rings. The zero-order chi connectivity index (χ0) is 28.0. The van der Waals surface area contributed by atoms with E-state index in [9.17, 15) is 18.0 Å². The smallest absolute Gasteiger partial charge is 0.264 e. The summed E-state index contributed by atoms with van der Waals surface area (Å²) >= 11 is 0. The van der Waals surface area contributed by atoms with Gasteiger partial charge in [0.05, 0.1) is 10.6 Å². The van der Waals surface area contributed by atoms with E-state index >= 15 is 0 Å². The van der Waals surface area contributed by atoms with Crippen molar-refractivity contribution in [3.05, 3.63) is 95.6 Å². The van der Waals surface area contributed by atoms with Gasteiger partial charge in [0, 0.05) is 12.6 Å². The van der Waals surface area contributed by atoms with Crippen LogP contribution in [0.25, 0.3) is 0 Å². The van der Waals surface area contributed by atoms with Crippen molar-refractivity contribution in [3.8, 4) is 0 Å². The maximum absolute atomic E-state index is 14.0. The van der Waals surface area contributed by atoms with Crippen molar-refractivity contribution >= 4 is 27.5 Å². The Bertz CT molecular complexity index is 1390. The Morgan fingerprint density at radius 2 is 1.51 bits per heavy atom. The summed E-state index contributed by atoms with van der Waals surface area (Å²) in [4.78, 5) is 28.8. The molecule has 0 bridgehead atoms. The number of carbonyl (C=O) groups is 2. The SMILES string of the molecule is Cc1ccc(N(CC(=O)N(Cc2ccccc2)[C@H](C)C(=O)NC2CCCC2)S(=O)(=O)c2ccccc2)cc1C. The average Bonchev–Trinajstić information content (AvgIpc) is 3.45. The number of benzene rings is 3. The van der Waals surface area contributed by atoms with E-state index in [0.717, 1.165) is 46.7 Å². The highest BCUT2D eigenvalue weighted by Gasteiger charge is 2.33. The number of hydrogen-bond donors (Lipinski definition) is 1. The first-order chi connectivity index (χ1) is 18.7. The number of carbonyl (C=O) groups excluding carboxylic acids is 2. The van der Waals surface area contributed by atoms with Crippen molar-refractivity contribution in [1.29, 1.82) is 0 Å². The average molecular weight is 548 g/mol. The molecule has 0 aromatic heterocycles. The molecule has 8 heteroatoms. The minimum atomic E-state index is -4.06. The number of aryl methyl sites for hydroxylation is 2. The lowest BCUT2D eigenvalue weighted by Gasteiger charge is -2.32. The van der Waals surface area contributed by atoms with Crippen LogP contribution in [0, 0.1) is 13.8 Å². The van der Waals surface area contributed by atoms with Gasteiger partial charge in [-0.1, -0.05) is 67.4 Å². The number of hydrogen-bond acceptors (Lipinski definition) is 4. The van der Waals surface area contributed by atoms with Crippen LogP contribution in [0.15, 0.2) is 83.8 Å². The first-order valence-corrected chi connectivity index (χ1v) is 14.9. The number of amides is 2. The zero-order valence-corrected chi connectivity index (χ0v) is 23.7. The van der Waals surface area contributed by atoms with Crippen LogP contribution in [0.3, 0.4) is 0 Å². The van der Waals surface area contributed by atoms with Gasteiger partial charge in [-0.3, -0.25) is 13.9 Å². The molecule has 3 aromatic carbocycles. The molecule has 0 saturated heterocycles. The van der Waals surface area contributed by atoms with Crippen LogP contribution < -0.4 is 9.62 Å². The molecule has 4 rings (SSSR count). The van der Waals surface area contributed by atoms with Crippen LogP contribution in [0.2, 0.25) is 0 Å². The van der Waals surface area contributed by atoms with E-state index in [1.807, 2.05) is 50.2 Å². The van der Waals surface area contributed by atoms with E-state index in [-0.39, 0.29) is 23.4 Å². The largest absolute Gasteiger partial charge is 0.352 e. The third kappa shape index (κ3) is 6.87. The third-order valence-electron chi connectivity index (χ3n) is 7.45. The van der Waals surface area contributed by atoms with Gasteiger partial charge >= 0.3 is 0 Å². The molecule has 0 aliphatic heterocycles. The normalized spacial score (nSPS) is 14.5. The van der Waals surface area contributed by atoms with Crippen molar-refractivity contribution in [1.82, 2.24) is 10.2 Å². The second-order valence-electron chi connectivity index (χ2n) is 10.3. The number of rotatable bonds is 10. The lowest BCUT2D eigenvalue weighted by Crippen LogP contribution is -2.52. The van der Waals surface area contributed by atoms with Crippen molar-refractivity contribution in [2.24, 2.45) is 0 Å². The van der Waals surface area contributed by atoms with Gasteiger partial charge in [0.25, 0.3) is 10.0 Å². The number of nitrogens with zero attached hydrogens (tertiary/aromatic N) is 2. The highest BCUT2D eigenvalue weighted by Crippen LogP contribution is 2.26. The molecule has 0 unspecified atom stereocenters. The van der Waals surface area contributed by atoms with Gasteiger partial charge in [-0.2, -0.15) is 0 Å². The van der Waals surface area contributed by atoms with Crippen LogP contribution >= 0.6 is 0 Å². The maximum atomic E-state index is 14.0. The number of sulfonamides is 1. The summed E-state index contributed by atoms with van der Waals surface area (Å²) < 4.78 is 28.9. The number of anilines is 1. The van der Waals surface area contributed by atoms with E-state index in [1.54, 1.807) is 37.3 Å². The van der Waals surface area contributed by atoms with E-state index in [1.165, 1.54) is 17.0 Å². The molecule has 0 spiro atoms. The summed E-state index contributed by atoms with van der Waals surface area (Å²) in [6.45, 7) is 5.31. The summed E-state index contributed by atoms with van der Waals surface area (Å²) in [5, 5.41) is 3.09. The molecular weight excluding hydrogens is 510 g/mol. The third-order valence-corrected chi connectivity index (χ3v) is 9.24. The lowest BCUT2D eigenvalue weighted by atomic mass is 10.1. The minimum absolute atomic E-state index is 0.0951. The maximum Gasteiger partial charge on any atom is 0.264 e. The quantitative estimate of drug-likeness (QED) is 0.388. The number of nitrogens with one attached hydrogen (secondary N) is 1. The monoisotopic (exact) mass is 547 g/mol. The van der Waals surface area contributed by atoms with E-state index in [4.69, 9.17) is 0 Å². The molecule has 3 aromatic rings. The van der Waals surface area contributed by atoms with Gasteiger partial charge in [-0.05, 0) is 74.6 Å². The lowest BCUT2D eigenvalue weighted by molar-refractivity contribution is -0.139. The molecule has 1 N–H and O–H groups in total. The van der Waals surface area contributed by atoms with Crippen LogP contribution in [0.1, 0.15) is 49.3 Å². The predicted octanol–water partition coefficient (Wildman–Crippen LogP) is 4.97. The first-order valence-electron chi connectivity index (χ1n) is 13.5.